The number of hydrogen-bond donors (Lipinski definition) is 2. The third kappa shape index (κ3) is 3.01. The van der Waals surface area contributed by atoms with Gasteiger partial charge in [0.25, 0.3) is 0 Å². The maximum atomic E-state index is 11.2. The summed E-state index contributed by atoms with van der Waals surface area (Å²) >= 11 is 0. The van der Waals surface area contributed by atoms with Crippen LogP contribution in [0.5, 0.6) is 0 Å². The van der Waals surface area contributed by atoms with E-state index in [0.717, 1.165) is 5.69 Å². The topological polar surface area (TPSA) is 67.2 Å². The first-order chi connectivity index (χ1) is 9.22. The Balaban J connectivity index is 2.39. The summed E-state index contributed by atoms with van der Waals surface area (Å²) in [7, 11) is 0. The monoisotopic (exact) mass is 257 g/mol. The Kier molecular flexibility index (Phi) is 3.97. The van der Waals surface area contributed by atoms with Crippen LogP contribution in [0.4, 0.5) is 22.7 Å². The minimum atomic E-state index is -0.372. The number of nitro benzene ring substituents is 1. The van der Waals surface area contributed by atoms with Crippen LogP contribution in [0.2, 0.25) is 0 Å². The van der Waals surface area contributed by atoms with Crippen LogP contribution in [0.1, 0.15) is 6.92 Å². The molecule has 0 aliphatic carbocycles. The van der Waals surface area contributed by atoms with E-state index in [4.69, 9.17) is 0 Å². The van der Waals surface area contributed by atoms with Crippen LogP contribution in [0.3, 0.4) is 0 Å². The molecule has 5 nitrogen and oxygen atoms in total. The predicted octanol–water partition coefficient (Wildman–Crippen LogP) is 3.77. The van der Waals surface area contributed by atoms with E-state index in [1.165, 1.54) is 0 Å². The quantitative estimate of drug-likeness (QED) is 0.632. The molecule has 2 aromatic carbocycles. The lowest BCUT2D eigenvalue weighted by atomic mass is 10.2. The van der Waals surface area contributed by atoms with Gasteiger partial charge in [-0.3, -0.25) is 10.1 Å². The molecule has 0 unspecified atom stereocenters. The Labute approximate surface area is 111 Å². The van der Waals surface area contributed by atoms with Crippen LogP contribution < -0.4 is 10.6 Å². The molecule has 0 aliphatic rings. The summed E-state index contributed by atoms with van der Waals surface area (Å²) in [6.07, 6.45) is 0. The van der Waals surface area contributed by atoms with Gasteiger partial charge < -0.3 is 10.6 Å². The first-order valence-electron chi connectivity index (χ1n) is 6.05. The smallest absolute Gasteiger partial charge is 0.315 e. The van der Waals surface area contributed by atoms with E-state index in [1.807, 2.05) is 37.3 Å². The van der Waals surface area contributed by atoms with Gasteiger partial charge in [-0.25, -0.2) is 0 Å². The summed E-state index contributed by atoms with van der Waals surface area (Å²) in [6.45, 7) is 2.54. The fraction of sp³-hybridized carbons (Fsp3) is 0.143. The molecule has 0 saturated carbocycles. The molecular formula is C14H15N3O2. The van der Waals surface area contributed by atoms with Gasteiger partial charge in [0.2, 0.25) is 0 Å². The number of nitrogens with one attached hydrogen (secondary N) is 2. The lowest BCUT2D eigenvalue weighted by molar-refractivity contribution is -0.383. The Hall–Kier alpha value is -2.56. The first-order valence-corrected chi connectivity index (χ1v) is 6.05. The molecule has 0 fully saturated rings. The number of nitrogens with zero attached hydrogens (tertiary/aromatic N) is 1. The highest BCUT2D eigenvalue weighted by Gasteiger charge is 2.19. The summed E-state index contributed by atoms with van der Waals surface area (Å²) in [5.41, 5.74) is 1.88. The van der Waals surface area contributed by atoms with Crippen LogP contribution in [0.25, 0.3) is 0 Å². The van der Waals surface area contributed by atoms with Crippen LogP contribution in [0, 0.1) is 10.1 Å². The Morgan fingerprint density at radius 2 is 1.74 bits per heavy atom. The van der Waals surface area contributed by atoms with E-state index >= 15 is 0 Å². The van der Waals surface area contributed by atoms with E-state index in [1.54, 1.807) is 18.2 Å². The largest absolute Gasteiger partial charge is 0.380 e. The second kappa shape index (κ2) is 5.86. The molecular weight excluding hydrogens is 242 g/mol. The van der Waals surface area contributed by atoms with Gasteiger partial charge in [-0.15, -0.1) is 0 Å². The minimum absolute atomic E-state index is 0.0632. The molecule has 0 amide bonds. The van der Waals surface area contributed by atoms with Crippen LogP contribution >= 0.6 is 0 Å². The predicted molar refractivity (Wildman–Crippen MR) is 77.0 cm³/mol. The highest BCUT2D eigenvalue weighted by Crippen LogP contribution is 2.34. The van der Waals surface area contributed by atoms with Gasteiger partial charge in [0.15, 0.2) is 0 Å². The molecule has 0 spiro atoms. The third-order valence-corrected chi connectivity index (χ3v) is 2.64. The Morgan fingerprint density at radius 1 is 1.05 bits per heavy atom. The van der Waals surface area contributed by atoms with Crippen molar-refractivity contribution in [3.63, 3.8) is 0 Å². The van der Waals surface area contributed by atoms with Gasteiger partial charge in [0.05, 0.1) is 4.92 Å². The normalized spacial score (nSPS) is 9.95. The number of anilines is 3. The zero-order valence-electron chi connectivity index (χ0n) is 10.6. The van der Waals surface area contributed by atoms with Crippen molar-refractivity contribution in [1.29, 1.82) is 0 Å². The molecule has 0 heterocycles. The van der Waals surface area contributed by atoms with Gasteiger partial charge in [0, 0.05) is 12.2 Å². The zero-order chi connectivity index (χ0) is 13.7. The summed E-state index contributed by atoms with van der Waals surface area (Å²) in [4.78, 5) is 10.9. The average Bonchev–Trinajstić information content (AvgIpc) is 2.40. The lowest BCUT2D eigenvalue weighted by Gasteiger charge is -2.10. The molecule has 2 N–H and O–H groups in total. The summed E-state index contributed by atoms with van der Waals surface area (Å²) < 4.78 is 0. The highest BCUT2D eigenvalue weighted by atomic mass is 16.6. The molecule has 0 atom stereocenters. The second-order valence-corrected chi connectivity index (χ2v) is 3.98. The standard InChI is InChI=1S/C14H15N3O2/c1-2-15-12-9-6-10-13(14(12)17(18)19)16-11-7-4-3-5-8-11/h3-10,15-16H,2H2,1H3. The van der Waals surface area contributed by atoms with Crippen LogP contribution in [0.15, 0.2) is 48.5 Å². The zero-order valence-corrected chi connectivity index (χ0v) is 10.6. The molecule has 5 heteroatoms. The molecule has 0 aromatic heterocycles. The maximum Gasteiger partial charge on any atom is 0.315 e. The minimum Gasteiger partial charge on any atom is -0.380 e. The lowest BCUT2D eigenvalue weighted by Crippen LogP contribution is -2.04. The van der Waals surface area contributed by atoms with Gasteiger partial charge in [-0.2, -0.15) is 0 Å². The molecule has 2 aromatic rings. The van der Waals surface area contributed by atoms with Gasteiger partial charge in [-0.05, 0) is 31.2 Å². The summed E-state index contributed by atoms with van der Waals surface area (Å²) in [5.74, 6) is 0. The van der Waals surface area contributed by atoms with Gasteiger partial charge in [-0.1, -0.05) is 24.3 Å². The molecule has 0 saturated heterocycles. The van der Waals surface area contributed by atoms with E-state index < -0.39 is 0 Å². The van der Waals surface area contributed by atoms with Gasteiger partial charge in [0.1, 0.15) is 11.4 Å². The van der Waals surface area contributed by atoms with Crippen molar-refractivity contribution < 1.29 is 4.92 Å². The molecule has 2 rings (SSSR count). The van der Waals surface area contributed by atoms with E-state index in [-0.39, 0.29) is 10.6 Å². The van der Waals surface area contributed by atoms with Crippen LogP contribution in [-0.4, -0.2) is 11.5 Å². The average molecular weight is 257 g/mol. The number of para-hydroxylation sites is 2. The third-order valence-electron chi connectivity index (χ3n) is 2.64. The molecule has 0 radical (unpaired) electrons. The Bertz CT molecular complexity index is 570. The molecule has 0 aliphatic heterocycles. The number of hydrogen-bond acceptors (Lipinski definition) is 4. The van der Waals surface area contributed by atoms with E-state index in [0.29, 0.717) is 17.9 Å². The fourth-order valence-corrected chi connectivity index (χ4v) is 1.85. The van der Waals surface area contributed by atoms with Crippen molar-refractivity contribution in [2.45, 2.75) is 6.92 Å². The van der Waals surface area contributed by atoms with Crippen molar-refractivity contribution in [3.8, 4) is 0 Å². The summed E-state index contributed by atoms with van der Waals surface area (Å²) in [5, 5.41) is 17.3. The second-order valence-electron chi connectivity index (χ2n) is 3.98. The van der Waals surface area contributed by atoms with Gasteiger partial charge >= 0.3 is 5.69 Å². The SMILES string of the molecule is CCNc1cccc(Nc2ccccc2)c1[N+](=O)[O-]. The van der Waals surface area contributed by atoms with Crippen molar-refractivity contribution in [2.24, 2.45) is 0 Å². The van der Waals surface area contributed by atoms with Crippen molar-refractivity contribution in [3.05, 3.63) is 58.6 Å². The van der Waals surface area contributed by atoms with Crippen molar-refractivity contribution in [2.75, 3.05) is 17.2 Å². The van der Waals surface area contributed by atoms with E-state index in [9.17, 15) is 10.1 Å². The van der Waals surface area contributed by atoms with E-state index in [2.05, 4.69) is 10.6 Å². The van der Waals surface area contributed by atoms with Crippen molar-refractivity contribution in [1.82, 2.24) is 0 Å². The molecule has 98 valence electrons. The summed E-state index contributed by atoms with van der Waals surface area (Å²) in [6, 6.07) is 14.6. The fourth-order valence-electron chi connectivity index (χ4n) is 1.85. The van der Waals surface area contributed by atoms with Crippen molar-refractivity contribution >= 4 is 22.7 Å². The maximum absolute atomic E-state index is 11.2. The first kappa shape index (κ1) is 12.9. The molecule has 19 heavy (non-hydrogen) atoms. The molecule has 0 bridgehead atoms. The number of rotatable bonds is 5. The highest BCUT2D eigenvalue weighted by molar-refractivity contribution is 5.79. The number of benzene rings is 2. The number of nitro groups is 1. The Morgan fingerprint density at radius 3 is 2.37 bits per heavy atom. The van der Waals surface area contributed by atoms with Crippen LogP contribution in [-0.2, 0) is 0 Å².